The molecule has 0 saturated carbocycles. The zero-order chi connectivity index (χ0) is 20.8. The lowest BCUT2D eigenvalue weighted by Crippen LogP contribution is -2.18. The van der Waals surface area contributed by atoms with Crippen molar-refractivity contribution in [1.29, 1.82) is 0 Å². The molecule has 2 heterocycles. The third-order valence-electron chi connectivity index (χ3n) is 4.34. The molecule has 0 saturated heterocycles. The van der Waals surface area contributed by atoms with E-state index in [0.29, 0.717) is 33.5 Å². The van der Waals surface area contributed by atoms with Gasteiger partial charge < -0.3 is 9.15 Å². The van der Waals surface area contributed by atoms with E-state index in [9.17, 15) is 22.8 Å². The van der Waals surface area contributed by atoms with Crippen molar-refractivity contribution in [2.24, 2.45) is 0 Å². The Kier molecular flexibility index (Phi) is 4.30. The van der Waals surface area contributed by atoms with Gasteiger partial charge in [-0.2, -0.15) is 0 Å². The van der Waals surface area contributed by atoms with Crippen molar-refractivity contribution in [1.82, 2.24) is 9.55 Å². The number of hydrogen-bond acceptors (Lipinski definition) is 4. The minimum Gasteiger partial charge on any atom is -0.408 e. The van der Waals surface area contributed by atoms with Crippen LogP contribution in [0.4, 0.5) is 13.2 Å². The van der Waals surface area contributed by atoms with Crippen molar-refractivity contribution in [3.05, 3.63) is 81.2 Å². The number of hydrogen-bond donors (Lipinski definition) is 1. The van der Waals surface area contributed by atoms with Crippen molar-refractivity contribution < 1.29 is 22.3 Å². The maximum atomic E-state index is 12.4. The summed E-state index contributed by atoms with van der Waals surface area (Å²) < 4.78 is 47.2. The number of alkyl halides is 3. The standard InChI is InChI=1S/C20H13F3N2O4/c1-11-8-18(26)25(13-3-5-14(6-4-13)29-20(21,22)23)10-15(11)12-2-7-16-17(9-12)28-19(27)24-16/h2-10H,1H3,(H,24,27). The topological polar surface area (TPSA) is 77.2 Å². The van der Waals surface area contributed by atoms with Gasteiger partial charge in [-0.25, -0.2) is 4.79 Å². The lowest BCUT2D eigenvalue weighted by atomic mass is 10.0. The van der Waals surface area contributed by atoms with Crippen LogP contribution >= 0.6 is 0 Å². The molecule has 4 rings (SSSR count). The van der Waals surface area contributed by atoms with Gasteiger partial charge in [0.1, 0.15) is 5.75 Å². The SMILES string of the molecule is Cc1cc(=O)n(-c2ccc(OC(F)(F)F)cc2)cc1-c1ccc2[nH]c(=O)oc2c1. The molecule has 0 radical (unpaired) electrons. The number of halogens is 3. The van der Waals surface area contributed by atoms with Crippen LogP contribution in [-0.2, 0) is 0 Å². The Bertz CT molecular complexity index is 1310. The molecule has 148 valence electrons. The first kappa shape index (κ1) is 18.6. The Morgan fingerprint density at radius 2 is 1.76 bits per heavy atom. The molecular formula is C20H13F3N2O4. The number of benzene rings is 2. The summed E-state index contributed by atoms with van der Waals surface area (Å²) in [7, 11) is 0. The van der Waals surface area contributed by atoms with Crippen molar-refractivity contribution in [2.45, 2.75) is 13.3 Å². The van der Waals surface area contributed by atoms with E-state index in [2.05, 4.69) is 9.72 Å². The molecule has 0 bridgehead atoms. The van der Waals surface area contributed by atoms with Crippen LogP contribution in [0.2, 0.25) is 0 Å². The summed E-state index contributed by atoms with van der Waals surface area (Å²) in [5, 5.41) is 0. The summed E-state index contributed by atoms with van der Waals surface area (Å²) in [6.07, 6.45) is -3.20. The number of nitrogens with one attached hydrogen (secondary N) is 1. The van der Waals surface area contributed by atoms with E-state index in [-0.39, 0.29) is 11.3 Å². The average molecular weight is 402 g/mol. The molecule has 29 heavy (non-hydrogen) atoms. The third-order valence-corrected chi connectivity index (χ3v) is 4.34. The number of ether oxygens (including phenoxy) is 1. The monoisotopic (exact) mass is 402 g/mol. The van der Waals surface area contributed by atoms with Crippen molar-refractivity contribution >= 4 is 11.1 Å². The number of aromatic nitrogens is 2. The van der Waals surface area contributed by atoms with Crippen LogP contribution in [0.5, 0.6) is 5.75 Å². The van der Waals surface area contributed by atoms with Gasteiger partial charge in [0.05, 0.1) is 5.52 Å². The molecule has 1 N–H and O–H groups in total. The number of oxazole rings is 1. The van der Waals surface area contributed by atoms with Crippen LogP contribution in [0.15, 0.2) is 68.7 Å². The molecule has 4 aromatic rings. The van der Waals surface area contributed by atoms with Gasteiger partial charge in [-0.05, 0) is 54.4 Å². The number of H-pyrrole nitrogens is 1. The van der Waals surface area contributed by atoms with E-state index in [4.69, 9.17) is 4.42 Å². The number of fused-ring (bicyclic) bond motifs is 1. The maximum absolute atomic E-state index is 12.4. The molecule has 0 aliphatic rings. The number of nitrogens with zero attached hydrogens (tertiary/aromatic N) is 1. The Labute approximate surface area is 160 Å². The van der Waals surface area contributed by atoms with Gasteiger partial charge >= 0.3 is 12.1 Å². The molecule has 0 amide bonds. The van der Waals surface area contributed by atoms with Crippen molar-refractivity contribution in [3.63, 3.8) is 0 Å². The minimum atomic E-state index is -4.79. The van der Waals surface area contributed by atoms with Crippen molar-refractivity contribution in [3.8, 4) is 22.6 Å². The van der Waals surface area contributed by atoms with Gasteiger partial charge in [0.2, 0.25) is 0 Å². The molecule has 0 aliphatic carbocycles. The Morgan fingerprint density at radius 1 is 1.03 bits per heavy atom. The van der Waals surface area contributed by atoms with E-state index in [0.717, 1.165) is 12.1 Å². The fourth-order valence-corrected chi connectivity index (χ4v) is 3.05. The molecule has 2 aromatic carbocycles. The third kappa shape index (κ3) is 3.79. The molecule has 0 spiro atoms. The summed E-state index contributed by atoms with van der Waals surface area (Å²) in [5.74, 6) is -0.949. The lowest BCUT2D eigenvalue weighted by Gasteiger charge is -2.13. The van der Waals surface area contributed by atoms with E-state index in [1.807, 2.05) is 0 Å². The largest absolute Gasteiger partial charge is 0.573 e. The number of aryl methyl sites for hydroxylation is 1. The highest BCUT2D eigenvalue weighted by Crippen LogP contribution is 2.27. The predicted octanol–water partition coefficient (Wildman–Crippen LogP) is 4.15. The van der Waals surface area contributed by atoms with Gasteiger partial charge in [0, 0.05) is 23.5 Å². The summed E-state index contributed by atoms with van der Waals surface area (Å²) in [5.41, 5.74) is 3.06. The maximum Gasteiger partial charge on any atom is 0.573 e. The van der Waals surface area contributed by atoms with Crippen LogP contribution in [0.3, 0.4) is 0 Å². The van der Waals surface area contributed by atoms with Gasteiger partial charge in [-0.1, -0.05) is 6.07 Å². The van der Waals surface area contributed by atoms with E-state index in [1.165, 1.54) is 22.8 Å². The van der Waals surface area contributed by atoms with Gasteiger partial charge in [-0.3, -0.25) is 14.3 Å². The number of rotatable bonds is 3. The molecule has 6 nitrogen and oxygen atoms in total. The molecule has 0 atom stereocenters. The fourth-order valence-electron chi connectivity index (χ4n) is 3.05. The van der Waals surface area contributed by atoms with Gasteiger partial charge in [0.25, 0.3) is 5.56 Å². The fraction of sp³-hybridized carbons (Fsp3) is 0.100. The highest BCUT2D eigenvalue weighted by Gasteiger charge is 2.31. The number of aromatic amines is 1. The lowest BCUT2D eigenvalue weighted by molar-refractivity contribution is -0.274. The highest BCUT2D eigenvalue weighted by atomic mass is 19.4. The Balaban J connectivity index is 1.77. The highest BCUT2D eigenvalue weighted by molar-refractivity contribution is 5.80. The van der Waals surface area contributed by atoms with Crippen molar-refractivity contribution in [2.75, 3.05) is 0 Å². The van der Waals surface area contributed by atoms with Gasteiger partial charge in [0.15, 0.2) is 5.58 Å². The Hall–Kier alpha value is -3.75. The summed E-state index contributed by atoms with van der Waals surface area (Å²) in [4.78, 5) is 26.3. The summed E-state index contributed by atoms with van der Waals surface area (Å²) in [6.45, 7) is 1.76. The van der Waals surface area contributed by atoms with Gasteiger partial charge in [-0.15, -0.1) is 13.2 Å². The smallest absolute Gasteiger partial charge is 0.408 e. The van der Waals surface area contributed by atoms with Crippen LogP contribution in [0.1, 0.15) is 5.56 Å². The second kappa shape index (κ2) is 6.69. The summed E-state index contributed by atoms with van der Waals surface area (Å²) in [6, 6.07) is 11.5. The molecule has 0 aliphatic heterocycles. The normalized spacial score (nSPS) is 11.7. The molecule has 2 aromatic heterocycles. The molecule has 0 unspecified atom stereocenters. The Morgan fingerprint density at radius 3 is 2.45 bits per heavy atom. The first-order valence-electron chi connectivity index (χ1n) is 8.42. The average Bonchev–Trinajstić information content (AvgIpc) is 3.00. The van der Waals surface area contributed by atoms with Crippen LogP contribution in [-0.4, -0.2) is 15.9 Å². The quantitative estimate of drug-likeness (QED) is 0.559. The van der Waals surface area contributed by atoms with Crippen LogP contribution in [0.25, 0.3) is 27.9 Å². The zero-order valence-corrected chi connectivity index (χ0v) is 14.9. The molecule has 0 fully saturated rings. The van der Waals surface area contributed by atoms with Crippen LogP contribution in [0, 0.1) is 6.92 Å². The first-order valence-corrected chi connectivity index (χ1v) is 8.42. The second-order valence-corrected chi connectivity index (χ2v) is 6.35. The minimum absolute atomic E-state index is 0.343. The predicted molar refractivity (Wildman–Crippen MR) is 99.3 cm³/mol. The number of pyridine rings is 1. The second-order valence-electron chi connectivity index (χ2n) is 6.35. The van der Waals surface area contributed by atoms with E-state index < -0.39 is 12.1 Å². The summed E-state index contributed by atoms with van der Waals surface area (Å²) >= 11 is 0. The van der Waals surface area contributed by atoms with Crippen LogP contribution < -0.4 is 16.1 Å². The molecule has 9 heteroatoms. The zero-order valence-electron chi connectivity index (χ0n) is 14.9. The first-order chi connectivity index (χ1) is 13.7. The van der Waals surface area contributed by atoms with E-state index in [1.54, 1.807) is 31.3 Å². The van der Waals surface area contributed by atoms with E-state index >= 15 is 0 Å². The molecular weight excluding hydrogens is 389 g/mol.